The fraction of sp³-hybridized carbons (Fsp3) is 0.0833. The molecule has 34 heavy (non-hydrogen) atoms. The van der Waals surface area contributed by atoms with Crippen molar-refractivity contribution < 1.29 is 9.53 Å². The molecule has 5 rings (SSSR count). The Balaban J connectivity index is 1.49. The van der Waals surface area contributed by atoms with Gasteiger partial charge >= 0.3 is 0 Å². The van der Waals surface area contributed by atoms with E-state index in [-0.39, 0.29) is 5.91 Å². The monoisotopic (exact) mass is 536 g/mol. The molecule has 0 spiro atoms. The molecule has 0 aliphatic heterocycles. The van der Waals surface area contributed by atoms with E-state index >= 15 is 0 Å². The molecule has 3 aromatic carbocycles. The summed E-state index contributed by atoms with van der Waals surface area (Å²) in [4.78, 5) is 13.4. The molecule has 0 saturated heterocycles. The molecule has 0 aliphatic carbocycles. The molecular formula is C24H18BrClN6O2. The van der Waals surface area contributed by atoms with Gasteiger partial charge in [-0.05, 0) is 56.2 Å². The molecule has 0 bridgehead atoms. The number of aromatic nitrogens is 5. The van der Waals surface area contributed by atoms with Crippen molar-refractivity contribution in [3.63, 3.8) is 0 Å². The van der Waals surface area contributed by atoms with Gasteiger partial charge in [0.05, 0.1) is 15.7 Å². The van der Waals surface area contributed by atoms with Gasteiger partial charge in [-0.25, -0.2) is 5.10 Å². The van der Waals surface area contributed by atoms with Crippen LogP contribution >= 0.6 is 27.5 Å². The summed E-state index contributed by atoms with van der Waals surface area (Å²) >= 11 is 9.78. The number of aromatic amines is 1. The first-order chi connectivity index (χ1) is 16.5. The maximum Gasteiger partial charge on any atom is 0.273 e. The Kier molecular flexibility index (Phi) is 6.04. The zero-order valence-corrected chi connectivity index (χ0v) is 20.3. The Morgan fingerprint density at radius 3 is 2.74 bits per heavy atom. The molecule has 2 aromatic heterocycles. The highest BCUT2D eigenvalue weighted by atomic mass is 79.9. The first kappa shape index (κ1) is 22.1. The van der Waals surface area contributed by atoms with Crippen LogP contribution in [0.15, 0.2) is 71.2 Å². The van der Waals surface area contributed by atoms with Crippen LogP contribution in [0.3, 0.4) is 0 Å². The Bertz CT molecular complexity index is 1480. The molecule has 0 atom stereocenters. The molecule has 5 aromatic rings. The summed E-state index contributed by atoms with van der Waals surface area (Å²) in [7, 11) is 1.83. The van der Waals surface area contributed by atoms with Crippen LogP contribution in [0, 0.1) is 0 Å². The fourth-order valence-electron chi connectivity index (χ4n) is 3.81. The lowest BCUT2D eigenvalue weighted by Gasteiger charge is -2.12. The molecule has 2 heterocycles. The number of ether oxygens (including phenoxy) is 1. The quantitative estimate of drug-likeness (QED) is 0.294. The number of nitrogens with one attached hydrogen (secondary N) is 2. The number of carbonyl (C=O) groups excluding carboxylic acids is 1. The predicted octanol–water partition coefficient (Wildman–Crippen LogP) is 5.61. The summed E-state index contributed by atoms with van der Waals surface area (Å²) in [6.07, 6.45) is 0. The molecular weight excluding hydrogens is 520 g/mol. The molecule has 0 aliphatic rings. The number of para-hydroxylation sites is 1. The highest BCUT2D eigenvalue weighted by Gasteiger charge is 2.23. The van der Waals surface area contributed by atoms with Gasteiger partial charge in [0.25, 0.3) is 5.91 Å². The highest BCUT2D eigenvalue weighted by Crippen LogP contribution is 2.37. The van der Waals surface area contributed by atoms with Crippen molar-refractivity contribution in [1.29, 1.82) is 0 Å². The van der Waals surface area contributed by atoms with E-state index in [0.29, 0.717) is 44.6 Å². The average Bonchev–Trinajstić information content (AvgIpc) is 3.47. The summed E-state index contributed by atoms with van der Waals surface area (Å²) in [6, 6.07) is 20.8. The summed E-state index contributed by atoms with van der Waals surface area (Å²) in [5.41, 5.74) is 3.41. The van der Waals surface area contributed by atoms with E-state index in [0.717, 1.165) is 16.5 Å². The molecule has 1 amide bonds. The molecule has 0 saturated carbocycles. The van der Waals surface area contributed by atoms with E-state index in [1.54, 1.807) is 18.2 Å². The number of nitrogens with zero attached hydrogens (tertiary/aromatic N) is 4. The summed E-state index contributed by atoms with van der Waals surface area (Å²) in [6.45, 7) is 0.420. The van der Waals surface area contributed by atoms with Gasteiger partial charge in [-0.1, -0.05) is 54.1 Å². The van der Waals surface area contributed by atoms with Gasteiger partial charge in [-0.3, -0.25) is 4.79 Å². The van der Waals surface area contributed by atoms with E-state index < -0.39 is 0 Å². The minimum Gasteiger partial charge on any atom is -0.487 e. The van der Waals surface area contributed by atoms with Crippen molar-refractivity contribution in [2.45, 2.75) is 6.61 Å². The Morgan fingerprint density at radius 2 is 1.97 bits per heavy atom. The van der Waals surface area contributed by atoms with Crippen LogP contribution in [0.1, 0.15) is 16.1 Å². The largest absolute Gasteiger partial charge is 0.487 e. The van der Waals surface area contributed by atoms with Gasteiger partial charge < -0.3 is 14.6 Å². The number of rotatable bonds is 6. The standard InChI is InChI=1S/C24H18BrClN6O2/c1-32-21-16(8-5-9-19(21)34-13-14-6-3-2-4-7-14)20(25)22(32)24(33)27-18-11-10-15(26)12-17(18)23-28-30-31-29-23/h2-12H,13H2,1H3,(H,27,33)(H,28,29,30,31). The first-order valence-corrected chi connectivity index (χ1v) is 11.5. The van der Waals surface area contributed by atoms with Gasteiger partial charge in [-0.2, -0.15) is 0 Å². The smallest absolute Gasteiger partial charge is 0.273 e. The molecule has 2 N–H and O–H groups in total. The van der Waals surface area contributed by atoms with E-state index in [9.17, 15) is 4.79 Å². The highest BCUT2D eigenvalue weighted by molar-refractivity contribution is 9.10. The fourth-order valence-corrected chi connectivity index (χ4v) is 4.75. The number of aryl methyl sites for hydroxylation is 1. The second-order valence-electron chi connectivity index (χ2n) is 7.54. The minimum atomic E-state index is -0.310. The van der Waals surface area contributed by atoms with E-state index in [2.05, 4.69) is 41.9 Å². The van der Waals surface area contributed by atoms with Crippen LogP contribution in [-0.2, 0) is 13.7 Å². The number of fused-ring (bicyclic) bond motifs is 1. The van der Waals surface area contributed by atoms with Gasteiger partial charge in [0.15, 0.2) is 5.82 Å². The average molecular weight is 538 g/mol. The van der Waals surface area contributed by atoms with Crippen LogP contribution in [0.5, 0.6) is 5.75 Å². The van der Waals surface area contributed by atoms with Gasteiger partial charge in [0, 0.05) is 23.0 Å². The van der Waals surface area contributed by atoms with Crippen LogP contribution < -0.4 is 10.1 Å². The Morgan fingerprint density at radius 1 is 1.15 bits per heavy atom. The second kappa shape index (κ2) is 9.28. The van der Waals surface area contributed by atoms with Crippen molar-refractivity contribution in [3.05, 3.63) is 87.5 Å². The van der Waals surface area contributed by atoms with Crippen LogP contribution in [0.4, 0.5) is 5.69 Å². The summed E-state index contributed by atoms with van der Waals surface area (Å²) in [5.74, 6) is 0.768. The molecule has 10 heteroatoms. The van der Waals surface area contributed by atoms with Crippen LogP contribution in [0.25, 0.3) is 22.3 Å². The number of hydrogen-bond acceptors (Lipinski definition) is 5. The van der Waals surface area contributed by atoms with Gasteiger partial charge in [0.1, 0.15) is 18.1 Å². The van der Waals surface area contributed by atoms with E-state index in [1.807, 2.05) is 60.1 Å². The first-order valence-electron chi connectivity index (χ1n) is 10.3. The number of amides is 1. The van der Waals surface area contributed by atoms with Gasteiger partial charge in [-0.15, -0.1) is 5.10 Å². The Hall–Kier alpha value is -3.69. The SMILES string of the molecule is Cn1c(C(=O)Nc2ccc(Cl)cc2-c2nnn[nH]2)c(Br)c2cccc(OCc3ccccc3)c21. The summed E-state index contributed by atoms with van der Waals surface area (Å²) < 4.78 is 8.61. The number of benzene rings is 3. The number of anilines is 1. The van der Waals surface area contributed by atoms with Crippen molar-refractivity contribution in [2.75, 3.05) is 5.32 Å². The van der Waals surface area contributed by atoms with Gasteiger partial charge in [0.2, 0.25) is 0 Å². The van der Waals surface area contributed by atoms with Crippen molar-refractivity contribution in [2.24, 2.45) is 7.05 Å². The van der Waals surface area contributed by atoms with Crippen molar-refractivity contribution in [3.8, 4) is 17.1 Å². The number of H-pyrrole nitrogens is 1. The van der Waals surface area contributed by atoms with Crippen molar-refractivity contribution >= 4 is 50.0 Å². The molecule has 0 unspecified atom stereocenters. The lowest BCUT2D eigenvalue weighted by molar-refractivity contribution is 0.101. The molecule has 170 valence electrons. The van der Waals surface area contributed by atoms with E-state index in [1.165, 1.54) is 0 Å². The molecule has 8 nitrogen and oxygen atoms in total. The molecule has 0 fully saturated rings. The maximum absolute atomic E-state index is 13.4. The topological polar surface area (TPSA) is 97.7 Å². The van der Waals surface area contributed by atoms with Crippen molar-refractivity contribution in [1.82, 2.24) is 25.2 Å². The lowest BCUT2D eigenvalue weighted by Crippen LogP contribution is -2.17. The predicted molar refractivity (Wildman–Crippen MR) is 134 cm³/mol. The number of carbonyl (C=O) groups is 1. The zero-order valence-electron chi connectivity index (χ0n) is 17.9. The molecule has 0 radical (unpaired) electrons. The van der Waals surface area contributed by atoms with E-state index in [4.69, 9.17) is 16.3 Å². The third kappa shape index (κ3) is 4.15. The maximum atomic E-state index is 13.4. The minimum absolute atomic E-state index is 0.310. The van der Waals surface area contributed by atoms with Crippen LogP contribution in [0.2, 0.25) is 5.02 Å². The Labute approximate surface area is 208 Å². The second-order valence-corrected chi connectivity index (χ2v) is 8.77. The lowest BCUT2D eigenvalue weighted by atomic mass is 10.1. The third-order valence-electron chi connectivity index (χ3n) is 5.40. The zero-order chi connectivity index (χ0) is 23.7. The normalized spacial score (nSPS) is 11.0. The number of halogens is 2. The number of tetrazole rings is 1. The third-order valence-corrected chi connectivity index (χ3v) is 6.43. The van der Waals surface area contributed by atoms with Crippen LogP contribution in [-0.4, -0.2) is 31.1 Å². The summed E-state index contributed by atoms with van der Waals surface area (Å²) in [5, 5.41) is 18.2. The number of hydrogen-bond donors (Lipinski definition) is 2.